The average molecular weight is 400 g/mol. The normalized spacial score (nSPS) is 12.1. The molecular formula is C18H19F3N2O3S. The number of rotatable bonds is 5. The second kappa shape index (κ2) is 7.69. The molecule has 0 heterocycles. The zero-order valence-electron chi connectivity index (χ0n) is 14.9. The van der Waals surface area contributed by atoms with Crippen LogP contribution in [0.5, 0.6) is 0 Å². The van der Waals surface area contributed by atoms with Crippen LogP contribution < -0.4 is 10.0 Å². The number of carbonyl (C=O) groups is 1. The molecule has 0 atom stereocenters. The molecule has 0 unspecified atom stereocenters. The number of anilines is 1. The Balaban J connectivity index is 2.15. The first-order chi connectivity index (χ1) is 12.4. The van der Waals surface area contributed by atoms with Gasteiger partial charge in [-0.25, -0.2) is 13.1 Å². The Kier molecular flexibility index (Phi) is 5.96. The number of sulfonamides is 1. The summed E-state index contributed by atoms with van der Waals surface area (Å²) in [5.74, 6) is -0.905. The van der Waals surface area contributed by atoms with Gasteiger partial charge < -0.3 is 5.32 Å². The first kappa shape index (κ1) is 20.9. The van der Waals surface area contributed by atoms with Gasteiger partial charge in [-0.15, -0.1) is 0 Å². The first-order valence-electron chi connectivity index (χ1n) is 7.95. The predicted molar refractivity (Wildman–Crippen MR) is 95.9 cm³/mol. The largest absolute Gasteiger partial charge is 0.418 e. The van der Waals surface area contributed by atoms with Crippen LogP contribution in [0, 0.1) is 20.8 Å². The van der Waals surface area contributed by atoms with E-state index in [4.69, 9.17) is 0 Å². The van der Waals surface area contributed by atoms with Crippen molar-refractivity contribution in [2.45, 2.75) is 31.8 Å². The van der Waals surface area contributed by atoms with Crippen LogP contribution >= 0.6 is 0 Å². The third-order valence-electron chi connectivity index (χ3n) is 3.80. The Morgan fingerprint density at radius 1 is 1.04 bits per heavy atom. The standard InChI is InChI=1S/C18H19F3N2O3S/c1-11-8-12(2)17(13(3)9-11)27(25,26)22-10-16(24)23-15-7-5-4-6-14(15)18(19,20)21/h4-9,22H,10H2,1-3H3,(H,23,24). The molecule has 2 aromatic rings. The van der Waals surface area contributed by atoms with Gasteiger partial charge in [0.1, 0.15) is 0 Å². The van der Waals surface area contributed by atoms with E-state index in [1.54, 1.807) is 26.0 Å². The highest BCUT2D eigenvalue weighted by molar-refractivity contribution is 7.89. The Morgan fingerprint density at radius 2 is 1.59 bits per heavy atom. The molecule has 2 rings (SSSR count). The van der Waals surface area contributed by atoms with E-state index in [-0.39, 0.29) is 4.90 Å². The molecule has 0 radical (unpaired) electrons. The number of halogens is 3. The predicted octanol–water partition coefficient (Wildman–Crippen LogP) is 3.55. The quantitative estimate of drug-likeness (QED) is 0.806. The Labute approximate surface area is 155 Å². The van der Waals surface area contributed by atoms with Crippen molar-refractivity contribution in [3.05, 3.63) is 58.7 Å². The lowest BCUT2D eigenvalue weighted by Crippen LogP contribution is -2.34. The first-order valence-corrected chi connectivity index (χ1v) is 9.43. The van der Waals surface area contributed by atoms with Gasteiger partial charge in [0.25, 0.3) is 0 Å². The molecule has 0 aliphatic carbocycles. The molecule has 0 saturated heterocycles. The number of aryl methyl sites for hydroxylation is 3. The van der Waals surface area contributed by atoms with Crippen molar-refractivity contribution < 1.29 is 26.4 Å². The second-order valence-electron chi connectivity index (χ2n) is 6.14. The molecule has 9 heteroatoms. The van der Waals surface area contributed by atoms with Crippen LogP contribution in [0.1, 0.15) is 22.3 Å². The van der Waals surface area contributed by atoms with Crippen molar-refractivity contribution in [2.24, 2.45) is 0 Å². The maximum atomic E-state index is 13.0. The third kappa shape index (κ3) is 5.08. The summed E-state index contributed by atoms with van der Waals surface area (Å²) in [6.07, 6.45) is -4.64. The second-order valence-corrected chi connectivity index (χ2v) is 7.85. The SMILES string of the molecule is Cc1cc(C)c(S(=O)(=O)NCC(=O)Nc2ccccc2C(F)(F)F)c(C)c1. The number of alkyl halides is 3. The molecule has 146 valence electrons. The fraction of sp³-hybridized carbons (Fsp3) is 0.278. The molecule has 0 spiro atoms. The number of nitrogens with one attached hydrogen (secondary N) is 2. The van der Waals surface area contributed by atoms with Gasteiger partial charge in [-0.3, -0.25) is 4.79 Å². The summed E-state index contributed by atoms with van der Waals surface area (Å²) >= 11 is 0. The summed E-state index contributed by atoms with van der Waals surface area (Å²) in [5, 5.41) is 2.09. The monoisotopic (exact) mass is 400 g/mol. The molecule has 1 amide bonds. The lowest BCUT2D eigenvalue weighted by Gasteiger charge is -2.15. The highest BCUT2D eigenvalue weighted by Crippen LogP contribution is 2.34. The van der Waals surface area contributed by atoms with Gasteiger partial charge in [-0.2, -0.15) is 13.2 Å². The lowest BCUT2D eigenvalue weighted by molar-refractivity contribution is -0.137. The maximum absolute atomic E-state index is 13.0. The van der Waals surface area contributed by atoms with E-state index < -0.39 is 39.9 Å². The minimum Gasteiger partial charge on any atom is -0.324 e. The summed E-state index contributed by atoms with van der Waals surface area (Å²) in [6, 6.07) is 7.86. The number of amides is 1. The van der Waals surface area contributed by atoms with Crippen molar-refractivity contribution in [1.82, 2.24) is 4.72 Å². The molecule has 2 aromatic carbocycles. The Hall–Kier alpha value is -2.39. The summed E-state index contributed by atoms with van der Waals surface area (Å²) < 4.78 is 66.0. The number of benzene rings is 2. The van der Waals surface area contributed by atoms with E-state index in [1.165, 1.54) is 12.1 Å². The van der Waals surface area contributed by atoms with Crippen molar-refractivity contribution in [3.63, 3.8) is 0 Å². The summed E-state index contributed by atoms with van der Waals surface area (Å²) in [4.78, 5) is 12.0. The fourth-order valence-electron chi connectivity index (χ4n) is 2.86. The van der Waals surface area contributed by atoms with Crippen molar-refractivity contribution in [3.8, 4) is 0 Å². The van der Waals surface area contributed by atoms with Crippen molar-refractivity contribution in [2.75, 3.05) is 11.9 Å². The molecule has 5 nitrogen and oxygen atoms in total. The minimum absolute atomic E-state index is 0.0524. The molecule has 0 aromatic heterocycles. The maximum Gasteiger partial charge on any atom is 0.418 e. The summed E-state index contributed by atoms with van der Waals surface area (Å²) in [6.45, 7) is 4.40. The van der Waals surface area contributed by atoms with Crippen LogP contribution in [0.25, 0.3) is 0 Å². The van der Waals surface area contributed by atoms with E-state index in [9.17, 15) is 26.4 Å². The third-order valence-corrected chi connectivity index (χ3v) is 5.51. The zero-order chi connectivity index (χ0) is 20.4. The lowest BCUT2D eigenvalue weighted by atomic mass is 10.1. The van der Waals surface area contributed by atoms with E-state index in [0.29, 0.717) is 11.1 Å². The van der Waals surface area contributed by atoms with Crippen LogP contribution in [-0.2, 0) is 21.0 Å². The van der Waals surface area contributed by atoms with E-state index >= 15 is 0 Å². The highest BCUT2D eigenvalue weighted by atomic mass is 32.2. The Bertz CT molecular complexity index is 947. The zero-order valence-corrected chi connectivity index (χ0v) is 15.8. The highest BCUT2D eigenvalue weighted by Gasteiger charge is 2.33. The fourth-order valence-corrected chi connectivity index (χ4v) is 4.29. The molecule has 0 saturated carbocycles. The number of hydrogen-bond donors (Lipinski definition) is 2. The van der Waals surface area contributed by atoms with Gasteiger partial charge in [0.15, 0.2) is 0 Å². The van der Waals surface area contributed by atoms with Crippen molar-refractivity contribution in [1.29, 1.82) is 0 Å². The molecule has 0 fully saturated rings. The minimum atomic E-state index is -4.64. The van der Waals surface area contributed by atoms with Gasteiger partial charge in [0.05, 0.1) is 22.7 Å². The van der Waals surface area contributed by atoms with Gasteiger partial charge >= 0.3 is 6.18 Å². The molecule has 0 aliphatic heterocycles. The molecular weight excluding hydrogens is 381 g/mol. The van der Waals surface area contributed by atoms with Gasteiger partial charge in [0, 0.05) is 0 Å². The van der Waals surface area contributed by atoms with Crippen molar-refractivity contribution >= 4 is 21.6 Å². The van der Waals surface area contributed by atoms with E-state index in [1.807, 2.05) is 6.92 Å². The topological polar surface area (TPSA) is 75.3 Å². The summed E-state index contributed by atoms with van der Waals surface area (Å²) in [7, 11) is -4.00. The van der Waals surface area contributed by atoms with Gasteiger partial charge in [-0.1, -0.05) is 29.8 Å². The molecule has 2 N–H and O–H groups in total. The van der Waals surface area contributed by atoms with Crippen LogP contribution in [0.15, 0.2) is 41.3 Å². The van der Waals surface area contributed by atoms with Crippen LogP contribution in [0.2, 0.25) is 0 Å². The van der Waals surface area contributed by atoms with Crippen LogP contribution in [-0.4, -0.2) is 20.9 Å². The average Bonchev–Trinajstić information content (AvgIpc) is 2.51. The van der Waals surface area contributed by atoms with Gasteiger partial charge in [-0.05, 0) is 44.0 Å². The Morgan fingerprint density at radius 3 is 2.15 bits per heavy atom. The van der Waals surface area contributed by atoms with E-state index in [2.05, 4.69) is 10.0 Å². The molecule has 0 bridgehead atoms. The van der Waals surface area contributed by atoms with Crippen LogP contribution in [0.4, 0.5) is 18.9 Å². The van der Waals surface area contributed by atoms with Crippen LogP contribution in [0.3, 0.4) is 0 Å². The number of carbonyl (C=O) groups excluding carboxylic acids is 1. The number of hydrogen-bond acceptors (Lipinski definition) is 3. The number of para-hydroxylation sites is 1. The summed E-state index contributed by atoms with van der Waals surface area (Å²) in [5.41, 5.74) is 0.486. The molecule has 27 heavy (non-hydrogen) atoms. The smallest absolute Gasteiger partial charge is 0.324 e. The van der Waals surface area contributed by atoms with E-state index in [0.717, 1.165) is 17.7 Å². The molecule has 0 aliphatic rings. The van der Waals surface area contributed by atoms with Gasteiger partial charge in [0.2, 0.25) is 15.9 Å².